The Hall–Kier alpha value is -3.22. The molecule has 0 aliphatic carbocycles. The van der Waals surface area contributed by atoms with E-state index in [-0.39, 0.29) is 23.6 Å². The van der Waals surface area contributed by atoms with Crippen molar-refractivity contribution in [3.8, 4) is 0 Å². The van der Waals surface area contributed by atoms with Crippen molar-refractivity contribution in [2.24, 2.45) is 0 Å². The fraction of sp³-hybridized carbons (Fsp3) is 0.167. The maximum Gasteiger partial charge on any atom is 0.339 e. The predicted octanol–water partition coefficient (Wildman–Crippen LogP) is 1.91. The Morgan fingerprint density at radius 1 is 1.00 bits per heavy atom. The van der Waals surface area contributed by atoms with Gasteiger partial charge in [-0.25, -0.2) is 9.18 Å². The summed E-state index contributed by atoms with van der Waals surface area (Å²) in [6, 6.07) is 12.1. The van der Waals surface area contributed by atoms with Gasteiger partial charge in [0.15, 0.2) is 0 Å². The number of nitrogens with one attached hydrogen (secondary N) is 2. The lowest BCUT2D eigenvalue weighted by molar-refractivity contribution is -0.136. The van der Waals surface area contributed by atoms with Crippen LogP contribution >= 0.6 is 0 Å². The van der Waals surface area contributed by atoms with E-state index in [2.05, 4.69) is 15.4 Å². The van der Waals surface area contributed by atoms with E-state index in [0.29, 0.717) is 6.42 Å². The van der Waals surface area contributed by atoms with Crippen LogP contribution in [0, 0.1) is 5.82 Å². The fourth-order valence-corrected chi connectivity index (χ4v) is 2.11. The highest BCUT2D eigenvalue weighted by Gasteiger charge is 2.17. The molecule has 0 spiro atoms. The Morgan fingerprint density at radius 3 is 2.36 bits per heavy atom. The minimum Gasteiger partial charge on any atom is -0.465 e. The van der Waals surface area contributed by atoms with Crippen LogP contribution in [0.15, 0.2) is 48.5 Å². The number of carbonyl (C=O) groups is 3. The van der Waals surface area contributed by atoms with E-state index in [9.17, 15) is 18.8 Å². The number of halogens is 1. The van der Waals surface area contributed by atoms with E-state index in [0.717, 1.165) is 5.56 Å². The van der Waals surface area contributed by atoms with E-state index < -0.39 is 17.8 Å². The lowest BCUT2D eigenvalue weighted by Crippen LogP contribution is -2.36. The smallest absolute Gasteiger partial charge is 0.339 e. The summed E-state index contributed by atoms with van der Waals surface area (Å²) >= 11 is 0. The number of ether oxygens (including phenoxy) is 1. The van der Waals surface area contributed by atoms with Crippen molar-refractivity contribution in [2.75, 3.05) is 19.0 Å². The maximum absolute atomic E-state index is 12.8. The second-order valence-corrected chi connectivity index (χ2v) is 5.12. The van der Waals surface area contributed by atoms with Gasteiger partial charge in [0.25, 0.3) is 0 Å². The Morgan fingerprint density at radius 2 is 1.68 bits per heavy atom. The van der Waals surface area contributed by atoms with Crippen LogP contribution in [0.1, 0.15) is 15.9 Å². The Balaban J connectivity index is 1.89. The molecule has 0 saturated carbocycles. The average Bonchev–Trinajstić information content (AvgIpc) is 2.63. The first-order chi connectivity index (χ1) is 12.0. The maximum atomic E-state index is 12.8. The number of rotatable bonds is 5. The second-order valence-electron chi connectivity index (χ2n) is 5.12. The minimum absolute atomic E-state index is 0.150. The van der Waals surface area contributed by atoms with Crippen LogP contribution in [0.3, 0.4) is 0 Å². The third-order valence-corrected chi connectivity index (χ3v) is 3.40. The third kappa shape index (κ3) is 5.13. The van der Waals surface area contributed by atoms with Crippen molar-refractivity contribution < 1.29 is 23.5 Å². The standard InChI is InChI=1S/C18H17FN2O4/c1-25-18(24)14-4-2-3-5-15(14)21-17(23)16(22)20-11-10-12-6-8-13(19)9-7-12/h2-9H,10-11H2,1H3,(H,20,22)(H,21,23). The number of benzene rings is 2. The molecule has 2 aromatic rings. The van der Waals surface area contributed by atoms with E-state index in [1.807, 2.05) is 0 Å². The molecule has 2 aromatic carbocycles. The zero-order valence-electron chi connectivity index (χ0n) is 13.5. The molecule has 0 radical (unpaired) electrons. The van der Waals surface area contributed by atoms with Gasteiger partial charge in [0, 0.05) is 6.54 Å². The lowest BCUT2D eigenvalue weighted by Gasteiger charge is -2.09. The minimum atomic E-state index is -0.893. The topological polar surface area (TPSA) is 84.5 Å². The van der Waals surface area contributed by atoms with Crippen LogP contribution in [0.25, 0.3) is 0 Å². The SMILES string of the molecule is COC(=O)c1ccccc1NC(=O)C(=O)NCCc1ccc(F)cc1. The van der Waals surface area contributed by atoms with Gasteiger partial charge >= 0.3 is 17.8 Å². The van der Waals surface area contributed by atoms with Gasteiger partial charge in [0.2, 0.25) is 0 Å². The van der Waals surface area contributed by atoms with Crippen molar-refractivity contribution in [3.63, 3.8) is 0 Å². The van der Waals surface area contributed by atoms with Crippen LogP contribution in [0.5, 0.6) is 0 Å². The Labute approximate surface area is 144 Å². The molecule has 0 aliphatic rings. The molecule has 0 aromatic heterocycles. The molecule has 0 atom stereocenters. The molecule has 7 heteroatoms. The van der Waals surface area contributed by atoms with Crippen molar-refractivity contribution in [2.45, 2.75) is 6.42 Å². The molecule has 2 N–H and O–H groups in total. The number of amides is 2. The van der Waals surface area contributed by atoms with Gasteiger partial charge in [-0.05, 0) is 36.2 Å². The van der Waals surface area contributed by atoms with Crippen LogP contribution in [-0.2, 0) is 20.7 Å². The number of esters is 1. The summed E-state index contributed by atoms with van der Waals surface area (Å²) in [4.78, 5) is 35.4. The molecular formula is C18H17FN2O4. The first-order valence-corrected chi connectivity index (χ1v) is 7.52. The summed E-state index contributed by atoms with van der Waals surface area (Å²) in [6.07, 6.45) is 0.456. The quantitative estimate of drug-likeness (QED) is 0.641. The first-order valence-electron chi connectivity index (χ1n) is 7.52. The van der Waals surface area contributed by atoms with Crippen molar-refractivity contribution >= 4 is 23.5 Å². The van der Waals surface area contributed by atoms with Gasteiger partial charge in [0.1, 0.15) is 5.82 Å². The molecule has 0 saturated heterocycles. The van der Waals surface area contributed by atoms with Crippen LogP contribution < -0.4 is 10.6 Å². The largest absolute Gasteiger partial charge is 0.465 e. The molecule has 2 rings (SSSR count). The monoisotopic (exact) mass is 344 g/mol. The van der Waals surface area contributed by atoms with E-state index in [4.69, 9.17) is 0 Å². The highest BCUT2D eigenvalue weighted by Crippen LogP contribution is 2.15. The summed E-state index contributed by atoms with van der Waals surface area (Å²) < 4.78 is 17.4. The summed E-state index contributed by atoms with van der Waals surface area (Å²) in [5.74, 6) is -2.68. The van der Waals surface area contributed by atoms with Gasteiger partial charge in [-0.15, -0.1) is 0 Å². The Bertz CT molecular complexity index is 775. The van der Waals surface area contributed by atoms with Crippen LogP contribution in [0.2, 0.25) is 0 Å². The molecule has 130 valence electrons. The first kappa shape index (κ1) is 18.1. The Kier molecular flexibility index (Phi) is 6.22. The number of hydrogen-bond donors (Lipinski definition) is 2. The molecule has 0 unspecified atom stereocenters. The van der Waals surface area contributed by atoms with E-state index in [1.54, 1.807) is 24.3 Å². The van der Waals surface area contributed by atoms with Crippen molar-refractivity contribution in [1.82, 2.24) is 5.32 Å². The predicted molar refractivity (Wildman–Crippen MR) is 89.5 cm³/mol. The zero-order chi connectivity index (χ0) is 18.2. The average molecular weight is 344 g/mol. The highest BCUT2D eigenvalue weighted by molar-refractivity contribution is 6.40. The summed E-state index contributed by atoms with van der Waals surface area (Å²) in [7, 11) is 1.23. The number of anilines is 1. The number of methoxy groups -OCH3 is 1. The molecular weight excluding hydrogens is 327 g/mol. The van der Waals surface area contributed by atoms with Crippen molar-refractivity contribution in [3.05, 3.63) is 65.5 Å². The molecule has 0 bridgehead atoms. The van der Waals surface area contributed by atoms with E-state index >= 15 is 0 Å². The fourth-order valence-electron chi connectivity index (χ4n) is 2.11. The number of hydrogen-bond acceptors (Lipinski definition) is 4. The molecule has 2 amide bonds. The van der Waals surface area contributed by atoms with Gasteiger partial charge in [0.05, 0.1) is 18.4 Å². The van der Waals surface area contributed by atoms with Crippen LogP contribution in [0.4, 0.5) is 10.1 Å². The summed E-state index contributed by atoms with van der Waals surface area (Å²) in [5, 5.41) is 4.85. The molecule has 6 nitrogen and oxygen atoms in total. The molecule has 25 heavy (non-hydrogen) atoms. The molecule has 0 aliphatic heterocycles. The van der Waals surface area contributed by atoms with Crippen molar-refractivity contribution in [1.29, 1.82) is 0 Å². The second kappa shape index (κ2) is 8.58. The summed E-state index contributed by atoms with van der Waals surface area (Å²) in [5.41, 5.74) is 1.17. The normalized spacial score (nSPS) is 10.0. The van der Waals surface area contributed by atoms with Gasteiger partial charge in [-0.3, -0.25) is 9.59 Å². The van der Waals surface area contributed by atoms with Gasteiger partial charge in [-0.1, -0.05) is 24.3 Å². The highest BCUT2D eigenvalue weighted by atomic mass is 19.1. The zero-order valence-corrected chi connectivity index (χ0v) is 13.5. The molecule has 0 heterocycles. The van der Waals surface area contributed by atoms with E-state index in [1.165, 1.54) is 31.4 Å². The summed E-state index contributed by atoms with van der Waals surface area (Å²) in [6.45, 7) is 0.219. The number of para-hydroxylation sites is 1. The third-order valence-electron chi connectivity index (χ3n) is 3.40. The molecule has 0 fully saturated rings. The van der Waals surface area contributed by atoms with Gasteiger partial charge < -0.3 is 15.4 Å². The van der Waals surface area contributed by atoms with Gasteiger partial charge in [-0.2, -0.15) is 0 Å². The number of carbonyl (C=O) groups excluding carboxylic acids is 3. The lowest BCUT2D eigenvalue weighted by atomic mass is 10.1. The van der Waals surface area contributed by atoms with Crippen LogP contribution in [-0.4, -0.2) is 31.4 Å².